The van der Waals surface area contributed by atoms with Gasteiger partial charge in [-0.15, -0.1) is 0 Å². The van der Waals surface area contributed by atoms with Gasteiger partial charge in [0, 0.05) is 11.6 Å². The second kappa shape index (κ2) is 6.83. The van der Waals surface area contributed by atoms with Crippen molar-refractivity contribution in [3.8, 4) is 11.5 Å². The number of carbonyl (C=O) groups is 2. The van der Waals surface area contributed by atoms with Crippen molar-refractivity contribution in [2.45, 2.75) is 44.1 Å². The lowest BCUT2D eigenvalue weighted by Gasteiger charge is -2.56. The Morgan fingerprint density at radius 1 is 1.07 bits per heavy atom. The molecule has 1 amide bonds. The van der Waals surface area contributed by atoms with Crippen LogP contribution in [0.3, 0.4) is 0 Å². The van der Waals surface area contributed by atoms with Crippen LogP contribution >= 0.6 is 0 Å². The molecule has 0 spiro atoms. The molecule has 0 saturated heterocycles. The number of hydrogen-bond donors (Lipinski definition) is 1. The lowest BCUT2D eigenvalue weighted by Crippen LogP contribution is -2.60. The molecule has 0 radical (unpaired) electrons. The maximum absolute atomic E-state index is 12.4. The second-order valence-corrected chi connectivity index (χ2v) is 8.80. The van der Waals surface area contributed by atoms with Gasteiger partial charge in [0.15, 0.2) is 18.1 Å². The van der Waals surface area contributed by atoms with E-state index in [9.17, 15) is 9.59 Å². The molecule has 1 aromatic carbocycles. The molecule has 6 nitrogen and oxygen atoms in total. The Balaban J connectivity index is 1.12. The van der Waals surface area contributed by atoms with E-state index in [1.54, 1.807) is 18.2 Å². The summed E-state index contributed by atoms with van der Waals surface area (Å²) in [4.78, 5) is 24.4. The quantitative estimate of drug-likeness (QED) is 0.625. The average Bonchev–Trinajstić information content (AvgIpc) is 3.11. The number of fused-ring (bicyclic) bond motifs is 1. The molecule has 1 aromatic rings. The van der Waals surface area contributed by atoms with Gasteiger partial charge in [-0.2, -0.15) is 0 Å². The van der Waals surface area contributed by atoms with Crippen LogP contribution in [-0.4, -0.2) is 30.8 Å². The fourth-order valence-corrected chi connectivity index (χ4v) is 5.96. The van der Waals surface area contributed by atoms with Crippen molar-refractivity contribution >= 4 is 18.0 Å². The Labute approximate surface area is 164 Å². The Morgan fingerprint density at radius 3 is 2.46 bits per heavy atom. The van der Waals surface area contributed by atoms with E-state index in [1.807, 2.05) is 6.07 Å². The van der Waals surface area contributed by atoms with E-state index in [4.69, 9.17) is 14.2 Å². The third-order valence-electron chi connectivity index (χ3n) is 6.60. The van der Waals surface area contributed by atoms with Crippen LogP contribution in [0.5, 0.6) is 11.5 Å². The van der Waals surface area contributed by atoms with E-state index >= 15 is 0 Å². The molecule has 28 heavy (non-hydrogen) atoms. The lowest BCUT2D eigenvalue weighted by atomic mass is 9.53. The fourth-order valence-electron chi connectivity index (χ4n) is 5.96. The molecule has 4 aliphatic carbocycles. The molecule has 148 valence electrons. The zero-order valence-electron chi connectivity index (χ0n) is 15.8. The monoisotopic (exact) mass is 383 g/mol. The molecule has 6 rings (SSSR count). The molecule has 0 unspecified atom stereocenters. The summed E-state index contributed by atoms with van der Waals surface area (Å²) in [5.41, 5.74) is 0.750. The Morgan fingerprint density at radius 2 is 1.75 bits per heavy atom. The number of rotatable bonds is 5. The number of carbonyl (C=O) groups excluding carboxylic acids is 2. The molecule has 4 bridgehead atoms. The molecule has 6 heteroatoms. The lowest BCUT2D eigenvalue weighted by molar-refractivity contribution is -0.145. The normalized spacial score (nSPS) is 31.9. The maximum Gasteiger partial charge on any atom is 0.331 e. The largest absolute Gasteiger partial charge is 0.454 e. The van der Waals surface area contributed by atoms with Crippen LogP contribution in [0, 0.1) is 17.8 Å². The number of amides is 1. The smallest absolute Gasteiger partial charge is 0.331 e. The van der Waals surface area contributed by atoms with Gasteiger partial charge in [0.25, 0.3) is 5.91 Å². The van der Waals surface area contributed by atoms with E-state index in [0.717, 1.165) is 42.6 Å². The van der Waals surface area contributed by atoms with Crippen molar-refractivity contribution in [3.05, 3.63) is 29.8 Å². The molecular weight excluding hydrogens is 358 g/mol. The van der Waals surface area contributed by atoms with Crippen molar-refractivity contribution in [2.75, 3.05) is 13.4 Å². The summed E-state index contributed by atoms with van der Waals surface area (Å²) in [6.45, 7) is -0.0184. The highest BCUT2D eigenvalue weighted by Crippen LogP contribution is 2.55. The molecule has 4 saturated carbocycles. The summed E-state index contributed by atoms with van der Waals surface area (Å²) >= 11 is 0. The SMILES string of the molecule is O=C(COC(=O)C=Cc1ccc2c(c1)OCO2)NC12CC3CC(CC(C3)C1)C2. The summed E-state index contributed by atoms with van der Waals surface area (Å²) in [7, 11) is 0. The minimum atomic E-state index is -0.529. The van der Waals surface area contributed by atoms with Gasteiger partial charge in [-0.1, -0.05) is 6.07 Å². The molecule has 5 aliphatic rings. The molecule has 0 aromatic heterocycles. The predicted octanol–water partition coefficient (Wildman–Crippen LogP) is 3.06. The fraction of sp³-hybridized carbons (Fsp3) is 0.545. The van der Waals surface area contributed by atoms with E-state index in [-0.39, 0.29) is 24.8 Å². The summed E-state index contributed by atoms with van der Waals surface area (Å²) in [5, 5.41) is 3.21. The van der Waals surface area contributed by atoms with E-state index < -0.39 is 5.97 Å². The van der Waals surface area contributed by atoms with Gasteiger partial charge in [-0.3, -0.25) is 4.79 Å². The van der Waals surface area contributed by atoms with Gasteiger partial charge in [0.05, 0.1) is 0 Å². The summed E-state index contributed by atoms with van der Waals surface area (Å²) in [6.07, 6.45) is 10.2. The molecule has 1 aliphatic heterocycles. The third-order valence-corrected chi connectivity index (χ3v) is 6.60. The minimum absolute atomic E-state index is 0.0550. The molecule has 1 N–H and O–H groups in total. The first-order valence-corrected chi connectivity index (χ1v) is 10.1. The number of benzene rings is 1. The summed E-state index contributed by atoms with van der Waals surface area (Å²) < 4.78 is 15.7. The standard InChI is InChI=1S/C22H25NO5/c24-20(23-22-9-15-5-16(10-22)7-17(6-15)11-22)12-26-21(25)4-2-14-1-3-18-19(8-14)28-13-27-18/h1-4,8,15-17H,5-7,9-13H2,(H,23,24). The maximum atomic E-state index is 12.4. The number of nitrogens with one attached hydrogen (secondary N) is 1. The van der Waals surface area contributed by atoms with Crippen LogP contribution < -0.4 is 14.8 Å². The van der Waals surface area contributed by atoms with Crippen molar-refractivity contribution < 1.29 is 23.8 Å². The number of hydrogen-bond acceptors (Lipinski definition) is 5. The highest BCUT2D eigenvalue weighted by Gasteiger charge is 2.51. The third kappa shape index (κ3) is 3.48. The highest BCUT2D eigenvalue weighted by atomic mass is 16.7. The predicted molar refractivity (Wildman–Crippen MR) is 102 cm³/mol. The van der Waals surface area contributed by atoms with Crippen molar-refractivity contribution in [2.24, 2.45) is 17.8 Å². The van der Waals surface area contributed by atoms with Gasteiger partial charge in [0.1, 0.15) is 0 Å². The average molecular weight is 383 g/mol. The van der Waals surface area contributed by atoms with Crippen LogP contribution in [0.25, 0.3) is 6.08 Å². The second-order valence-electron chi connectivity index (χ2n) is 8.80. The summed E-state index contributed by atoms with van der Waals surface area (Å²) in [6, 6.07) is 5.43. The Bertz CT molecular complexity index is 795. The molecule has 0 atom stereocenters. The number of ether oxygens (including phenoxy) is 3. The van der Waals surface area contributed by atoms with Crippen LogP contribution in [-0.2, 0) is 14.3 Å². The first-order chi connectivity index (χ1) is 13.6. The van der Waals surface area contributed by atoms with Gasteiger partial charge in [-0.05, 0) is 80.1 Å². The van der Waals surface area contributed by atoms with Gasteiger partial charge >= 0.3 is 5.97 Å². The van der Waals surface area contributed by atoms with E-state index in [2.05, 4.69) is 5.32 Å². The molecule has 4 fully saturated rings. The van der Waals surface area contributed by atoms with Crippen LogP contribution in [0.1, 0.15) is 44.1 Å². The van der Waals surface area contributed by atoms with Crippen molar-refractivity contribution in [1.82, 2.24) is 5.32 Å². The van der Waals surface area contributed by atoms with Gasteiger partial charge in [-0.25, -0.2) is 4.79 Å². The summed E-state index contributed by atoms with van der Waals surface area (Å²) in [5.74, 6) is 2.92. The highest BCUT2D eigenvalue weighted by molar-refractivity contribution is 5.89. The van der Waals surface area contributed by atoms with E-state index in [1.165, 1.54) is 25.3 Å². The van der Waals surface area contributed by atoms with Gasteiger partial charge < -0.3 is 19.5 Å². The Kier molecular flexibility index (Phi) is 4.29. The van der Waals surface area contributed by atoms with Gasteiger partial charge in [0.2, 0.25) is 6.79 Å². The van der Waals surface area contributed by atoms with E-state index in [0.29, 0.717) is 11.5 Å². The Hall–Kier alpha value is -2.50. The van der Waals surface area contributed by atoms with Crippen LogP contribution in [0.4, 0.5) is 0 Å². The zero-order chi connectivity index (χ0) is 19.1. The zero-order valence-corrected chi connectivity index (χ0v) is 15.8. The first kappa shape index (κ1) is 17.6. The molecular formula is C22H25NO5. The minimum Gasteiger partial charge on any atom is -0.454 e. The number of esters is 1. The van der Waals surface area contributed by atoms with Crippen LogP contribution in [0.15, 0.2) is 24.3 Å². The van der Waals surface area contributed by atoms with Crippen molar-refractivity contribution in [1.29, 1.82) is 0 Å². The topological polar surface area (TPSA) is 73.9 Å². The van der Waals surface area contributed by atoms with Crippen LogP contribution in [0.2, 0.25) is 0 Å². The molecule has 1 heterocycles. The van der Waals surface area contributed by atoms with Crippen molar-refractivity contribution in [3.63, 3.8) is 0 Å². The first-order valence-electron chi connectivity index (χ1n) is 10.1.